The van der Waals surface area contributed by atoms with Crippen molar-refractivity contribution in [2.75, 3.05) is 25.4 Å². The molecule has 0 spiro atoms. The van der Waals surface area contributed by atoms with E-state index in [0.717, 1.165) is 17.0 Å². The summed E-state index contributed by atoms with van der Waals surface area (Å²) >= 11 is 1.63. The molecule has 0 saturated carbocycles. The monoisotopic (exact) mass is 292 g/mol. The van der Waals surface area contributed by atoms with Crippen molar-refractivity contribution in [1.29, 1.82) is 0 Å². The normalized spacial score (nSPS) is 17.9. The topological polar surface area (TPSA) is 52.9 Å². The standard InChI is InChI=1S/C15H20N2O2S/c1-2-8-17(9-10-18)15(19)13-11-20-14(16-13)12-6-4-3-5-7-12/h3-7,13,18H,2,8-11H2,1H3. The van der Waals surface area contributed by atoms with Crippen molar-refractivity contribution >= 4 is 22.7 Å². The first-order valence-electron chi connectivity index (χ1n) is 6.92. The van der Waals surface area contributed by atoms with Crippen LogP contribution in [-0.2, 0) is 4.79 Å². The molecule has 0 saturated heterocycles. The number of carbonyl (C=O) groups excluding carboxylic acids is 1. The highest BCUT2D eigenvalue weighted by Gasteiger charge is 2.28. The fourth-order valence-corrected chi connectivity index (χ4v) is 3.21. The van der Waals surface area contributed by atoms with Crippen LogP contribution in [0.3, 0.4) is 0 Å². The highest BCUT2D eigenvalue weighted by Crippen LogP contribution is 2.24. The van der Waals surface area contributed by atoms with Gasteiger partial charge in [0.15, 0.2) is 0 Å². The molecule has 1 aliphatic heterocycles. The largest absolute Gasteiger partial charge is 0.395 e. The van der Waals surface area contributed by atoms with Crippen molar-refractivity contribution in [3.05, 3.63) is 35.9 Å². The summed E-state index contributed by atoms with van der Waals surface area (Å²) in [6.07, 6.45) is 0.890. The minimum Gasteiger partial charge on any atom is -0.395 e. The van der Waals surface area contributed by atoms with E-state index in [1.807, 2.05) is 37.3 Å². The predicted molar refractivity (Wildman–Crippen MR) is 83.2 cm³/mol. The molecule has 1 N–H and O–H groups in total. The molecule has 5 heteroatoms. The first kappa shape index (κ1) is 15.1. The van der Waals surface area contributed by atoms with Crippen LogP contribution in [-0.4, -0.2) is 52.4 Å². The van der Waals surface area contributed by atoms with Crippen molar-refractivity contribution in [3.8, 4) is 0 Å². The summed E-state index contributed by atoms with van der Waals surface area (Å²) in [5, 5.41) is 9.98. The summed E-state index contributed by atoms with van der Waals surface area (Å²) in [6, 6.07) is 9.63. The number of aliphatic hydroxyl groups excluding tert-OH is 1. The van der Waals surface area contributed by atoms with E-state index in [4.69, 9.17) is 5.11 Å². The van der Waals surface area contributed by atoms with Crippen LogP contribution in [0, 0.1) is 0 Å². The summed E-state index contributed by atoms with van der Waals surface area (Å²) in [5.74, 6) is 0.716. The highest BCUT2D eigenvalue weighted by atomic mass is 32.2. The second-order valence-electron chi connectivity index (χ2n) is 4.68. The minimum absolute atomic E-state index is 0.000853. The molecule has 0 aromatic heterocycles. The molecule has 20 heavy (non-hydrogen) atoms. The predicted octanol–water partition coefficient (Wildman–Crippen LogP) is 1.78. The Morgan fingerprint density at radius 1 is 1.40 bits per heavy atom. The Labute approximate surface area is 123 Å². The van der Waals surface area contributed by atoms with Gasteiger partial charge in [-0.1, -0.05) is 37.3 Å². The number of carbonyl (C=O) groups is 1. The number of rotatable bonds is 6. The zero-order valence-corrected chi connectivity index (χ0v) is 12.5. The van der Waals surface area contributed by atoms with E-state index < -0.39 is 0 Å². The second kappa shape index (κ2) is 7.45. The van der Waals surface area contributed by atoms with Crippen molar-refractivity contribution in [3.63, 3.8) is 0 Å². The van der Waals surface area contributed by atoms with E-state index >= 15 is 0 Å². The first-order valence-corrected chi connectivity index (χ1v) is 7.90. The molecule has 1 unspecified atom stereocenters. The van der Waals surface area contributed by atoms with Crippen molar-refractivity contribution in [2.24, 2.45) is 4.99 Å². The van der Waals surface area contributed by atoms with E-state index in [2.05, 4.69) is 4.99 Å². The average Bonchev–Trinajstić information content (AvgIpc) is 2.97. The number of hydrogen-bond donors (Lipinski definition) is 1. The van der Waals surface area contributed by atoms with Crippen LogP contribution in [0.2, 0.25) is 0 Å². The molecule has 0 aliphatic carbocycles. The smallest absolute Gasteiger partial charge is 0.248 e. The van der Waals surface area contributed by atoms with E-state index in [9.17, 15) is 4.79 Å². The lowest BCUT2D eigenvalue weighted by molar-refractivity contribution is -0.132. The Morgan fingerprint density at radius 2 is 2.15 bits per heavy atom. The van der Waals surface area contributed by atoms with Gasteiger partial charge in [-0.05, 0) is 6.42 Å². The van der Waals surface area contributed by atoms with Crippen LogP contribution in [0.5, 0.6) is 0 Å². The van der Waals surface area contributed by atoms with Crippen molar-refractivity contribution in [2.45, 2.75) is 19.4 Å². The maximum atomic E-state index is 12.4. The zero-order chi connectivity index (χ0) is 14.4. The molecule has 0 radical (unpaired) electrons. The Bertz CT molecular complexity index is 470. The summed E-state index contributed by atoms with van der Waals surface area (Å²) in [7, 11) is 0. The lowest BCUT2D eigenvalue weighted by atomic mass is 10.2. The molecule has 1 heterocycles. The maximum absolute atomic E-state index is 12.4. The Kier molecular flexibility index (Phi) is 5.61. The number of amides is 1. The van der Waals surface area contributed by atoms with E-state index in [1.54, 1.807) is 16.7 Å². The first-order chi connectivity index (χ1) is 9.76. The number of aliphatic hydroxyl groups is 1. The van der Waals surface area contributed by atoms with Crippen molar-refractivity contribution in [1.82, 2.24) is 4.90 Å². The van der Waals surface area contributed by atoms with Gasteiger partial charge in [0.2, 0.25) is 5.91 Å². The molecule has 0 bridgehead atoms. The molecule has 1 atom stereocenters. The average molecular weight is 292 g/mol. The molecular weight excluding hydrogens is 272 g/mol. The van der Waals surface area contributed by atoms with Gasteiger partial charge in [-0.3, -0.25) is 9.79 Å². The Hall–Kier alpha value is -1.33. The van der Waals surface area contributed by atoms with Gasteiger partial charge in [0.1, 0.15) is 6.04 Å². The zero-order valence-electron chi connectivity index (χ0n) is 11.7. The lowest BCUT2D eigenvalue weighted by Crippen LogP contribution is -2.40. The van der Waals surface area contributed by atoms with Crippen LogP contribution < -0.4 is 0 Å². The molecule has 1 amide bonds. The van der Waals surface area contributed by atoms with E-state index in [-0.39, 0.29) is 18.6 Å². The Balaban J connectivity index is 2.07. The van der Waals surface area contributed by atoms with E-state index in [1.165, 1.54) is 0 Å². The van der Waals surface area contributed by atoms with Crippen LogP contribution in [0.15, 0.2) is 35.3 Å². The minimum atomic E-state index is -0.312. The van der Waals surface area contributed by atoms with Crippen LogP contribution >= 0.6 is 11.8 Å². The molecule has 108 valence electrons. The van der Waals surface area contributed by atoms with Crippen molar-refractivity contribution < 1.29 is 9.90 Å². The van der Waals surface area contributed by atoms with Gasteiger partial charge in [0, 0.05) is 24.4 Å². The number of nitrogens with zero attached hydrogens (tertiary/aromatic N) is 2. The van der Waals surface area contributed by atoms with Gasteiger partial charge in [-0.25, -0.2) is 0 Å². The van der Waals surface area contributed by atoms with Gasteiger partial charge >= 0.3 is 0 Å². The summed E-state index contributed by atoms with van der Waals surface area (Å²) in [5.41, 5.74) is 1.07. The molecular formula is C15H20N2O2S. The molecule has 1 aliphatic rings. The lowest BCUT2D eigenvalue weighted by Gasteiger charge is -2.22. The van der Waals surface area contributed by atoms with Gasteiger partial charge in [0.25, 0.3) is 0 Å². The van der Waals surface area contributed by atoms with Gasteiger partial charge < -0.3 is 10.0 Å². The van der Waals surface area contributed by atoms with Gasteiger partial charge in [-0.15, -0.1) is 11.8 Å². The van der Waals surface area contributed by atoms with Crippen LogP contribution in [0.4, 0.5) is 0 Å². The molecule has 4 nitrogen and oxygen atoms in total. The highest BCUT2D eigenvalue weighted by molar-refractivity contribution is 8.14. The number of thioether (sulfide) groups is 1. The van der Waals surface area contributed by atoms with Crippen LogP contribution in [0.25, 0.3) is 0 Å². The molecule has 1 aromatic rings. The summed E-state index contributed by atoms with van der Waals surface area (Å²) in [4.78, 5) is 18.7. The fourth-order valence-electron chi connectivity index (χ4n) is 2.17. The third-order valence-corrected chi connectivity index (χ3v) is 4.23. The Morgan fingerprint density at radius 3 is 2.80 bits per heavy atom. The molecule has 0 fully saturated rings. The number of hydrogen-bond acceptors (Lipinski definition) is 4. The van der Waals surface area contributed by atoms with Crippen LogP contribution in [0.1, 0.15) is 18.9 Å². The van der Waals surface area contributed by atoms with Gasteiger partial charge in [0.05, 0.1) is 11.7 Å². The SMILES string of the molecule is CCCN(CCO)C(=O)C1CSC(c2ccccc2)=N1. The third-order valence-electron chi connectivity index (χ3n) is 3.13. The number of benzene rings is 1. The summed E-state index contributed by atoms with van der Waals surface area (Å²) in [6.45, 7) is 3.10. The molecule has 1 aromatic carbocycles. The fraction of sp³-hybridized carbons (Fsp3) is 0.467. The quantitative estimate of drug-likeness (QED) is 0.869. The number of aliphatic imine (C=N–C) groups is 1. The maximum Gasteiger partial charge on any atom is 0.248 e. The molecule has 2 rings (SSSR count). The van der Waals surface area contributed by atoms with E-state index in [0.29, 0.717) is 18.8 Å². The summed E-state index contributed by atoms with van der Waals surface area (Å²) < 4.78 is 0. The third kappa shape index (κ3) is 3.61. The second-order valence-corrected chi connectivity index (χ2v) is 5.68. The van der Waals surface area contributed by atoms with Gasteiger partial charge in [-0.2, -0.15) is 0 Å².